The Hall–Kier alpha value is -2.30. The highest BCUT2D eigenvalue weighted by molar-refractivity contribution is 9.10. The van der Waals surface area contributed by atoms with Crippen LogP contribution < -0.4 is 5.32 Å². The predicted molar refractivity (Wildman–Crippen MR) is 109 cm³/mol. The van der Waals surface area contributed by atoms with Gasteiger partial charge in [-0.05, 0) is 53.0 Å². The van der Waals surface area contributed by atoms with Gasteiger partial charge in [0.25, 0.3) is 0 Å². The molecule has 0 aliphatic carbocycles. The first-order valence-electron chi connectivity index (χ1n) is 9.19. The van der Waals surface area contributed by atoms with E-state index in [0.717, 1.165) is 10.0 Å². The quantitative estimate of drug-likeness (QED) is 0.604. The fourth-order valence-electron chi connectivity index (χ4n) is 3.42. The first-order chi connectivity index (χ1) is 13.9. The van der Waals surface area contributed by atoms with E-state index in [1.165, 1.54) is 10.4 Å². The molecule has 2 heterocycles. The summed E-state index contributed by atoms with van der Waals surface area (Å²) in [4.78, 5) is 12.6. The van der Waals surface area contributed by atoms with Crippen molar-refractivity contribution >= 4 is 42.9 Å². The second kappa shape index (κ2) is 8.21. The number of fused-ring (bicyclic) bond motifs is 1. The highest BCUT2D eigenvalue weighted by Crippen LogP contribution is 2.27. The number of sulfonamides is 1. The molecule has 0 spiro atoms. The first-order valence-corrected chi connectivity index (χ1v) is 11.4. The fraction of sp³-hybridized carbons (Fsp3) is 0.316. The number of piperidine rings is 1. The average molecular weight is 479 g/mol. The zero-order valence-electron chi connectivity index (χ0n) is 15.4. The minimum Gasteiger partial charge on any atom is -0.352 e. The molecule has 0 saturated carbocycles. The summed E-state index contributed by atoms with van der Waals surface area (Å²) in [6, 6.07) is 12.5. The van der Waals surface area contributed by atoms with Crippen LogP contribution >= 0.6 is 15.9 Å². The Labute approximate surface area is 176 Å². The molecule has 2 aromatic carbocycles. The largest absolute Gasteiger partial charge is 0.352 e. The van der Waals surface area contributed by atoms with E-state index < -0.39 is 10.0 Å². The number of aromatic nitrogens is 2. The third-order valence-corrected chi connectivity index (χ3v) is 7.53. The Morgan fingerprint density at radius 3 is 2.59 bits per heavy atom. The molecule has 152 valence electrons. The summed E-state index contributed by atoms with van der Waals surface area (Å²) in [5, 5.41) is 10.4. The Kier molecular flexibility index (Phi) is 5.66. The zero-order valence-corrected chi connectivity index (χ0v) is 17.8. The SMILES string of the molecule is O=C(NCc1ccc(Br)cc1)C1CCN(S(=O)(=O)c2cccc3nonc23)CC1. The van der Waals surface area contributed by atoms with Gasteiger partial charge in [-0.25, -0.2) is 13.0 Å². The molecule has 10 heteroatoms. The Bertz CT molecular complexity index is 1120. The lowest BCUT2D eigenvalue weighted by atomic mass is 9.97. The third-order valence-electron chi connectivity index (χ3n) is 5.07. The van der Waals surface area contributed by atoms with Gasteiger partial charge >= 0.3 is 0 Å². The van der Waals surface area contributed by atoms with Crippen LogP contribution in [-0.2, 0) is 21.4 Å². The van der Waals surface area contributed by atoms with E-state index in [-0.39, 0.29) is 35.3 Å². The summed E-state index contributed by atoms with van der Waals surface area (Å²) in [5.41, 5.74) is 1.63. The molecule has 1 fully saturated rings. The molecule has 1 aliphatic rings. The molecule has 1 saturated heterocycles. The molecule has 29 heavy (non-hydrogen) atoms. The number of nitrogens with one attached hydrogen (secondary N) is 1. The molecule has 0 radical (unpaired) electrons. The molecule has 1 N–H and O–H groups in total. The molecule has 4 rings (SSSR count). The number of carbonyl (C=O) groups excluding carboxylic acids is 1. The second-order valence-corrected chi connectivity index (χ2v) is 9.73. The van der Waals surface area contributed by atoms with Gasteiger partial charge in [-0.2, -0.15) is 4.31 Å². The van der Waals surface area contributed by atoms with Crippen LogP contribution in [0.5, 0.6) is 0 Å². The molecular formula is C19H19BrN4O4S. The average Bonchev–Trinajstić information content (AvgIpc) is 3.22. The smallest absolute Gasteiger partial charge is 0.245 e. The number of carbonyl (C=O) groups is 1. The Morgan fingerprint density at radius 1 is 1.14 bits per heavy atom. The Morgan fingerprint density at radius 2 is 1.86 bits per heavy atom. The van der Waals surface area contributed by atoms with E-state index in [9.17, 15) is 13.2 Å². The standard InChI is InChI=1S/C19H19BrN4O4S/c20-15-6-4-13(5-7-15)12-21-19(25)14-8-10-24(11-9-14)29(26,27)17-3-1-2-16-18(17)23-28-22-16/h1-7,14H,8-12H2,(H,21,25). The van der Waals surface area contributed by atoms with E-state index in [2.05, 4.69) is 36.2 Å². The van der Waals surface area contributed by atoms with Crippen LogP contribution in [0, 0.1) is 5.92 Å². The highest BCUT2D eigenvalue weighted by atomic mass is 79.9. The molecule has 1 aliphatic heterocycles. The molecule has 0 unspecified atom stereocenters. The van der Waals surface area contributed by atoms with Crippen molar-refractivity contribution < 1.29 is 17.8 Å². The number of hydrogen-bond donors (Lipinski definition) is 1. The van der Waals surface area contributed by atoms with Crippen LogP contribution in [0.3, 0.4) is 0 Å². The van der Waals surface area contributed by atoms with Gasteiger partial charge in [0.05, 0.1) is 0 Å². The summed E-state index contributed by atoms with van der Waals surface area (Å²) in [6.07, 6.45) is 0.941. The van der Waals surface area contributed by atoms with Gasteiger partial charge < -0.3 is 5.32 Å². The molecule has 0 bridgehead atoms. The van der Waals surface area contributed by atoms with Crippen molar-refractivity contribution in [2.75, 3.05) is 13.1 Å². The molecule has 1 aromatic heterocycles. The van der Waals surface area contributed by atoms with E-state index in [4.69, 9.17) is 0 Å². The van der Waals surface area contributed by atoms with Crippen molar-refractivity contribution in [3.05, 3.63) is 52.5 Å². The number of benzene rings is 2. The van der Waals surface area contributed by atoms with E-state index in [1.807, 2.05) is 24.3 Å². The lowest BCUT2D eigenvalue weighted by molar-refractivity contribution is -0.126. The van der Waals surface area contributed by atoms with Crippen LogP contribution in [0.1, 0.15) is 18.4 Å². The summed E-state index contributed by atoms with van der Waals surface area (Å²) < 4.78 is 33.1. The molecule has 0 atom stereocenters. The zero-order chi connectivity index (χ0) is 20.4. The van der Waals surface area contributed by atoms with Crippen LogP contribution in [0.4, 0.5) is 0 Å². The number of rotatable bonds is 5. The molecular weight excluding hydrogens is 460 g/mol. The van der Waals surface area contributed by atoms with Crippen molar-refractivity contribution in [3.63, 3.8) is 0 Å². The monoisotopic (exact) mass is 478 g/mol. The molecule has 3 aromatic rings. The second-order valence-electron chi connectivity index (χ2n) is 6.91. The number of hydrogen-bond acceptors (Lipinski definition) is 6. The maximum atomic E-state index is 13.0. The topological polar surface area (TPSA) is 105 Å². The molecule has 1 amide bonds. The maximum Gasteiger partial charge on any atom is 0.245 e. The van der Waals surface area contributed by atoms with Gasteiger partial charge in [-0.3, -0.25) is 4.79 Å². The van der Waals surface area contributed by atoms with Crippen LogP contribution in [0.2, 0.25) is 0 Å². The van der Waals surface area contributed by atoms with Gasteiger partial charge in [-0.15, -0.1) is 0 Å². The van der Waals surface area contributed by atoms with Crippen molar-refractivity contribution in [2.24, 2.45) is 5.92 Å². The highest BCUT2D eigenvalue weighted by Gasteiger charge is 2.33. The Balaban J connectivity index is 1.38. The summed E-state index contributed by atoms with van der Waals surface area (Å²) in [5.74, 6) is -0.255. The van der Waals surface area contributed by atoms with Crippen molar-refractivity contribution in [3.8, 4) is 0 Å². The summed E-state index contributed by atoms with van der Waals surface area (Å²) in [7, 11) is -3.73. The van der Waals surface area contributed by atoms with Gasteiger partial charge in [0.15, 0.2) is 5.52 Å². The lowest BCUT2D eigenvalue weighted by Gasteiger charge is -2.30. The van der Waals surface area contributed by atoms with Crippen LogP contribution in [0.25, 0.3) is 11.0 Å². The number of nitrogens with zero attached hydrogens (tertiary/aromatic N) is 3. The normalized spacial score (nSPS) is 16.2. The van der Waals surface area contributed by atoms with E-state index >= 15 is 0 Å². The molecule has 8 nitrogen and oxygen atoms in total. The van der Waals surface area contributed by atoms with Crippen LogP contribution in [0.15, 0.2) is 56.5 Å². The predicted octanol–water partition coefficient (Wildman–Crippen LogP) is 2.70. The fourth-order valence-corrected chi connectivity index (χ4v) is 5.29. The van der Waals surface area contributed by atoms with Gasteiger partial charge in [0, 0.05) is 30.0 Å². The van der Waals surface area contributed by atoms with Gasteiger partial charge in [0.2, 0.25) is 15.9 Å². The van der Waals surface area contributed by atoms with Crippen LogP contribution in [-0.4, -0.2) is 42.0 Å². The number of halogens is 1. The van der Waals surface area contributed by atoms with Gasteiger partial charge in [0.1, 0.15) is 10.4 Å². The minimum atomic E-state index is -3.73. The summed E-state index contributed by atoms with van der Waals surface area (Å²) in [6.45, 7) is 1.01. The van der Waals surface area contributed by atoms with E-state index in [1.54, 1.807) is 12.1 Å². The number of amides is 1. The third kappa shape index (κ3) is 4.19. The lowest BCUT2D eigenvalue weighted by Crippen LogP contribution is -2.42. The van der Waals surface area contributed by atoms with Crippen molar-refractivity contribution in [1.82, 2.24) is 19.9 Å². The first kappa shape index (κ1) is 20.0. The summed E-state index contributed by atoms with van der Waals surface area (Å²) >= 11 is 3.38. The maximum absolute atomic E-state index is 13.0. The van der Waals surface area contributed by atoms with Gasteiger partial charge in [-0.1, -0.05) is 34.1 Å². The minimum absolute atomic E-state index is 0.0484. The van der Waals surface area contributed by atoms with Crippen molar-refractivity contribution in [1.29, 1.82) is 0 Å². The van der Waals surface area contributed by atoms with Crippen molar-refractivity contribution in [2.45, 2.75) is 24.3 Å². The van der Waals surface area contributed by atoms with E-state index in [0.29, 0.717) is 24.9 Å².